The Balaban J connectivity index is 0.00000153. The van der Waals surface area contributed by atoms with Gasteiger partial charge in [-0.3, -0.25) is 4.90 Å². The second-order valence-electron chi connectivity index (χ2n) is 9.20. The lowest BCUT2D eigenvalue weighted by molar-refractivity contribution is -0.0651. The molecule has 1 fully saturated rings. The number of fused-ring (bicyclic) bond motifs is 2. The van der Waals surface area contributed by atoms with E-state index in [4.69, 9.17) is 10.5 Å². The molecule has 3 N–H and O–H groups in total. The minimum absolute atomic E-state index is 0. The molecule has 0 aliphatic carbocycles. The first-order chi connectivity index (χ1) is 15.1. The van der Waals surface area contributed by atoms with Gasteiger partial charge in [0.05, 0.1) is 12.2 Å². The molecule has 0 radical (unpaired) electrons. The van der Waals surface area contributed by atoms with Crippen LogP contribution in [0.3, 0.4) is 0 Å². The Morgan fingerprint density at radius 1 is 1.00 bits per heavy atom. The molecular weight excluding hydrogens is 455 g/mol. The highest BCUT2D eigenvalue weighted by molar-refractivity contribution is 5.85. The average molecular weight is 489 g/mol. The number of likely N-dealkylation sites (tertiary alicyclic amines) is 1. The van der Waals surface area contributed by atoms with Crippen LogP contribution in [0.25, 0.3) is 10.8 Å². The predicted molar refractivity (Wildman–Crippen MR) is 140 cm³/mol. The summed E-state index contributed by atoms with van der Waals surface area (Å²) in [5.74, 6) is 0.938. The summed E-state index contributed by atoms with van der Waals surface area (Å²) in [4.78, 5) is 2.55. The van der Waals surface area contributed by atoms with Gasteiger partial charge in [0.15, 0.2) is 0 Å². The number of aromatic hydroxyl groups is 1. The fourth-order valence-corrected chi connectivity index (χ4v) is 5.36. The maximum atomic E-state index is 10.6. The summed E-state index contributed by atoms with van der Waals surface area (Å²) in [5, 5.41) is 13.3. The molecule has 2 heterocycles. The van der Waals surface area contributed by atoms with Crippen molar-refractivity contribution in [2.75, 3.05) is 19.6 Å². The molecule has 0 saturated carbocycles. The molecular formula is C27H34Cl2N2O2. The highest BCUT2D eigenvalue weighted by atomic mass is 35.5. The predicted octanol–water partition coefficient (Wildman–Crippen LogP) is 5.55. The molecule has 0 amide bonds. The van der Waals surface area contributed by atoms with Gasteiger partial charge in [0.1, 0.15) is 5.75 Å². The van der Waals surface area contributed by atoms with Crippen molar-refractivity contribution in [2.24, 2.45) is 11.7 Å². The zero-order valence-corrected chi connectivity index (χ0v) is 20.7. The van der Waals surface area contributed by atoms with E-state index in [0.717, 1.165) is 55.6 Å². The highest BCUT2D eigenvalue weighted by Gasteiger charge is 2.35. The van der Waals surface area contributed by atoms with E-state index in [1.807, 2.05) is 13.0 Å². The van der Waals surface area contributed by atoms with Gasteiger partial charge in [0.2, 0.25) is 0 Å². The minimum atomic E-state index is -0.115. The molecule has 0 spiro atoms. The van der Waals surface area contributed by atoms with Crippen LogP contribution in [0.5, 0.6) is 5.75 Å². The molecule has 6 heteroatoms. The number of piperidine rings is 1. The molecule has 0 aromatic heterocycles. The van der Waals surface area contributed by atoms with E-state index < -0.39 is 0 Å². The third-order valence-corrected chi connectivity index (χ3v) is 7.20. The van der Waals surface area contributed by atoms with E-state index >= 15 is 0 Å². The summed E-state index contributed by atoms with van der Waals surface area (Å²) in [6.45, 7) is 5.57. The number of hydrogen-bond donors (Lipinski definition) is 2. The lowest BCUT2D eigenvalue weighted by Crippen LogP contribution is -2.41. The fourth-order valence-electron chi connectivity index (χ4n) is 5.36. The summed E-state index contributed by atoms with van der Waals surface area (Å²) < 4.78 is 6.44. The number of aryl methyl sites for hydroxylation is 1. The zero-order chi connectivity index (χ0) is 21.4. The van der Waals surface area contributed by atoms with E-state index in [2.05, 4.69) is 53.4 Å². The van der Waals surface area contributed by atoms with Crippen molar-refractivity contribution in [1.82, 2.24) is 4.90 Å². The second kappa shape index (κ2) is 11.1. The number of benzene rings is 3. The normalized spacial score (nSPS) is 21.2. The fraction of sp³-hybridized carbons (Fsp3) is 0.407. The van der Waals surface area contributed by atoms with Gasteiger partial charge < -0.3 is 15.6 Å². The van der Waals surface area contributed by atoms with Crippen LogP contribution in [0, 0.1) is 12.8 Å². The first kappa shape index (κ1) is 25.8. The van der Waals surface area contributed by atoms with Crippen molar-refractivity contribution >= 4 is 35.6 Å². The van der Waals surface area contributed by atoms with E-state index in [1.54, 1.807) is 0 Å². The first-order valence-electron chi connectivity index (χ1n) is 11.5. The molecule has 0 bridgehead atoms. The summed E-state index contributed by atoms with van der Waals surface area (Å²) in [6.07, 6.45) is 3.05. The molecule has 3 aromatic carbocycles. The highest BCUT2D eigenvalue weighted by Crippen LogP contribution is 2.40. The first-order valence-corrected chi connectivity index (χ1v) is 11.5. The van der Waals surface area contributed by atoms with Gasteiger partial charge in [-0.15, -0.1) is 24.8 Å². The van der Waals surface area contributed by atoms with Gasteiger partial charge in [0, 0.05) is 25.1 Å². The smallest absolute Gasteiger partial charge is 0.122 e. The monoisotopic (exact) mass is 488 g/mol. The minimum Gasteiger partial charge on any atom is -0.507 e. The molecule has 0 unspecified atom stereocenters. The molecule has 2 aliphatic heterocycles. The van der Waals surface area contributed by atoms with Crippen molar-refractivity contribution in [3.8, 4) is 5.75 Å². The zero-order valence-electron chi connectivity index (χ0n) is 19.1. The number of phenolic OH excluding ortho intramolecular Hbond substituents is 1. The lowest BCUT2D eigenvalue weighted by Gasteiger charge is -2.40. The molecule has 5 rings (SSSR count). The SMILES string of the molecule is Cc1ccc2c(c1O)C[C@@H](C1CCN(Cc3ccc4ccccc4c3)CC1)O[C@H]2CN.Cl.Cl. The molecule has 2 atom stereocenters. The largest absolute Gasteiger partial charge is 0.507 e. The second-order valence-corrected chi connectivity index (χ2v) is 9.20. The van der Waals surface area contributed by atoms with Gasteiger partial charge in [-0.25, -0.2) is 0 Å². The standard InChI is InChI=1S/C27H32N2O2.2ClH/c1-18-6-9-23-24(27(18)30)15-25(31-26(23)16-28)21-10-12-29(13-11-21)17-19-7-8-20-4-2-3-5-22(20)14-19;;/h2-9,14,21,25-26,30H,10-13,15-17,28H2,1H3;2*1H/t25-,26-;;/m0../s1. The Hall–Kier alpha value is -1.82. The lowest BCUT2D eigenvalue weighted by atomic mass is 9.83. The van der Waals surface area contributed by atoms with Crippen LogP contribution in [0.4, 0.5) is 0 Å². The van der Waals surface area contributed by atoms with Crippen molar-refractivity contribution in [3.63, 3.8) is 0 Å². The molecule has 2 aliphatic rings. The number of ether oxygens (including phenoxy) is 1. The van der Waals surface area contributed by atoms with Crippen molar-refractivity contribution in [1.29, 1.82) is 0 Å². The maximum absolute atomic E-state index is 10.6. The number of phenols is 1. The summed E-state index contributed by atoms with van der Waals surface area (Å²) >= 11 is 0. The van der Waals surface area contributed by atoms with Crippen LogP contribution in [-0.2, 0) is 17.7 Å². The summed E-state index contributed by atoms with van der Waals surface area (Å²) in [7, 11) is 0. The van der Waals surface area contributed by atoms with E-state index in [1.165, 1.54) is 16.3 Å². The number of halogens is 2. The Kier molecular flexibility index (Phi) is 8.65. The number of rotatable bonds is 4. The topological polar surface area (TPSA) is 58.7 Å². The van der Waals surface area contributed by atoms with Gasteiger partial charge >= 0.3 is 0 Å². The van der Waals surface area contributed by atoms with Crippen LogP contribution in [0.15, 0.2) is 54.6 Å². The Morgan fingerprint density at radius 2 is 1.73 bits per heavy atom. The number of nitrogens with zero attached hydrogens (tertiary/aromatic N) is 1. The van der Waals surface area contributed by atoms with E-state index in [-0.39, 0.29) is 37.0 Å². The van der Waals surface area contributed by atoms with Gasteiger partial charge in [-0.05, 0) is 72.3 Å². The summed E-state index contributed by atoms with van der Waals surface area (Å²) in [6, 6.07) is 19.4. The average Bonchev–Trinajstić information content (AvgIpc) is 2.81. The molecule has 4 nitrogen and oxygen atoms in total. The van der Waals surface area contributed by atoms with Crippen LogP contribution in [0.2, 0.25) is 0 Å². The number of hydrogen-bond acceptors (Lipinski definition) is 4. The van der Waals surface area contributed by atoms with Crippen LogP contribution >= 0.6 is 24.8 Å². The maximum Gasteiger partial charge on any atom is 0.122 e. The van der Waals surface area contributed by atoms with Crippen molar-refractivity contribution in [3.05, 3.63) is 76.9 Å². The van der Waals surface area contributed by atoms with Crippen LogP contribution < -0.4 is 5.73 Å². The van der Waals surface area contributed by atoms with Crippen LogP contribution in [0.1, 0.15) is 41.2 Å². The van der Waals surface area contributed by atoms with Gasteiger partial charge in [-0.1, -0.05) is 48.5 Å². The quantitative estimate of drug-likeness (QED) is 0.505. The van der Waals surface area contributed by atoms with Gasteiger partial charge in [0.25, 0.3) is 0 Å². The van der Waals surface area contributed by atoms with Crippen molar-refractivity contribution in [2.45, 2.75) is 44.9 Å². The molecule has 1 saturated heterocycles. The Labute approximate surface area is 208 Å². The van der Waals surface area contributed by atoms with Crippen LogP contribution in [-0.4, -0.2) is 35.7 Å². The third kappa shape index (κ3) is 5.31. The van der Waals surface area contributed by atoms with E-state index in [0.29, 0.717) is 18.2 Å². The van der Waals surface area contributed by atoms with Gasteiger partial charge in [-0.2, -0.15) is 0 Å². The molecule has 3 aromatic rings. The molecule has 33 heavy (non-hydrogen) atoms. The Morgan fingerprint density at radius 3 is 2.45 bits per heavy atom. The van der Waals surface area contributed by atoms with E-state index in [9.17, 15) is 5.11 Å². The summed E-state index contributed by atoms with van der Waals surface area (Å²) in [5.41, 5.74) is 10.5. The molecule has 178 valence electrons. The third-order valence-electron chi connectivity index (χ3n) is 7.20. The van der Waals surface area contributed by atoms with Crippen molar-refractivity contribution < 1.29 is 9.84 Å². The number of nitrogens with two attached hydrogens (primary N) is 1. The Bertz CT molecular complexity index is 1080.